The molecule has 5 heteroatoms. The van der Waals surface area contributed by atoms with E-state index >= 15 is 0 Å². The number of amides is 1. The highest BCUT2D eigenvalue weighted by atomic mass is 16.2. The van der Waals surface area contributed by atoms with Gasteiger partial charge in [-0.3, -0.25) is 9.59 Å². The predicted octanol–water partition coefficient (Wildman–Crippen LogP) is 3.69. The van der Waals surface area contributed by atoms with Gasteiger partial charge in [0.1, 0.15) is 0 Å². The first kappa shape index (κ1) is 19.6. The van der Waals surface area contributed by atoms with Crippen LogP contribution in [0.3, 0.4) is 0 Å². The van der Waals surface area contributed by atoms with E-state index < -0.39 is 11.7 Å². The summed E-state index contributed by atoms with van der Waals surface area (Å²) in [5.41, 5.74) is 1.60. The largest absolute Gasteiger partial charge is 0.349 e. The summed E-state index contributed by atoms with van der Waals surface area (Å²) in [5, 5.41) is 7.18. The fraction of sp³-hybridized carbons (Fsp3) is 0.545. The Balaban J connectivity index is 1.78. The summed E-state index contributed by atoms with van der Waals surface area (Å²) in [6, 6.07) is 8.01. The van der Waals surface area contributed by atoms with E-state index in [0.717, 1.165) is 49.7 Å². The Morgan fingerprint density at radius 1 is 1.22 bits per heavy atom. The van der Waals surface area contributed by atoms with Crippen molar-refractivity contribution in [2.24, 2.45) is 5.41 Å². The molecular weight excluding hydrogens is 338 g/mol. The molecule has 2 heterocycles. The van der Waals surface area contributed by atoms with Gasteiger partial charge in [-0.1, -0.05) is 31.5 Å². The average molecular weight is 370 g/mol. The van der Waals surface area contributed by atoms with Gasteiger partial charge in [0.15, 0.2) is 0 Å². The van der Waals surface area contributed by atoms with E-state index in [1.807, 2.05) is 30.5 Å². The van der Waals surface area contributed by atoms with Crippen LogP contribution in [0, 0.1) is 5.41 Å². The van der Waals surface area contributed by atoms with Gasteiger partial charge in [-0.25, -0.2) is 0 Å². The minimum absolute atomic E-state index is 0.113. The maximum absolute atomic E-state index is 12.9. The van der Waals surface area contributed by atoms with Gasteiger partial charge < -0.3 is 15.2 Å². The zero-order valence-corrected chi connectivity index (χ0v) is 16.7. The maximum atomic E-state index is 12.9. The van der Waals surface area contributed by atoms with Gasteiger partial charge in [0.25, 0.3) is 11.7 Å². The van der Waals surface area contributed by atoms with Crippen molar-refractivity contribution in [1.29, 1.82) is 0 Å². The maximum Gasteiger partial charge on any atom is 0.292 e. The van der Waals surface area contributed by atoms with Gasteiger partial charge >= 0.3 is 0 Å². The number of hydrogen-bond donors (Lipinski definition) is 2. The van der Waals surface area contributed by atoms with E-state index in [4.69, 9.17) is 0 Å². The Bertz CT molecular complexity index is 811. The molecule has 1 aliphatic rings. The third-order valence-electron chi connectivity index (χ3n) is 5.82. The van der Waals surface area contributed by atoms with Crippen molar-refractivity contribution >= 4 is 22.6 Å². The summed E-state index contributed by atoms with van der Waals surface area (Å²) < 4.78 is 2.06. The molecule has 1 aliphatic heterocycles. The van der Waals surface area contributed by atoms with Crippen LogP contribution in [0.5, 0.6) is 0 Å². The van der Waals surface area contributed by atoms with Crippen LogP contribution in [0.15, 0.2) is 30.5 Å². The normalized spacial score (nSPS) is 16.6. The quantitative estimate of drug-likeness (QED) is 0.578. The second kappa shape index (κ2) is 8.26. The fourth-order valence-corrected chi connectivity index (χ4v) is 4.29. The van der Waals surface area contributed by atoms with Gasteiger partial charge in [-0.05, 0) is 57.7 Å². The van der Waals surface area contributed by atoms with E-state index in [1.54, 1.807) is 0 Å². The van der Waals surface area contributed by atoms with Crippen molar-refractivity contribution in [3.8, 4) is 0 Å². The molecule has 146 valence electrons. The lowest BCUT2D eigenvalue weighted by molar-refractivity contribution is -0.117. The number of nitrogens with one attached hydrogen (secondary N) is 2. The van der Waals surface area contributed by atoms with Crippen LogP contribution in [-0.2, 0) is 4.79 Å². The molecule has 2 aromatic rings. The molecule has 2 N–H and O–H groups in total. The van der Waals surface area contributed by atoms with E-state index in [2.05, 4.69) is 36.0 Å². The number of ketones is 1. The highest BCUT2D eigenvalue weighted by Gasteiger charge is 2.32. The van der Waals surface area contributed by atoms with Crippen molar-refractivity contribution in [3.63, 3.8) is 0 Å². The Labute approximate surface area is 161 Å². The van der Waals surface area contributed by atoms with Gasteiger partial charge in [-0.15, -0.1) is 0 Å². The Kier molecular flexibility index (Phi) is 6.00. The minimum atomic E-state index is -0.490. The van der Waals surface area contributed by atoms with Gasteiger partial charge in [-0.2, -0.15) is 0 Å². The number of nitrogens with zero attached hydrogens (tertiary/aromatic N) is 1. The van der Waals surface area contributed by atoms with Crippen molar-refractivity contribution in [2.45, 2.75) is 52.5 Å². The number of benzene rings is 1. The Hall–Kier alpha value is -2.14. The SMILES string of the molecule is CCCC1(CNC(=O)C(=O)c2cn(C(C)C)c3ccccc23)CCNCC1. The van der Waals surface area contributed by atoms with Crippen molar-refractivity contribution in [3.05, 3.63) is 36.0 Å². The number of Topliss-reactive ketones (excluding diaryl/α,β-unsaturated/α-hetero) is 1. The fourth-order valence-electron chi connectivity index (χ4n) is 4.29. The van der Waals surface area contributed by atoms with Crippen LogP contribution in [-0.4, -0.2) is 35.9 Å². The van der Waals surface area contributed by atoms with Crippen molar-refractivity contribution in [2.75, 3.05) is 19.6 Å². The van der Waals surface area contributed by atoms with Gasteiger partial charge in [0, 0.05) is 29.7 Å². The van der Waals surface area contributed by atoms with E-state index in [-0.39, 0.29) is 11.5 Å². The van der Waals surface area contributed by atoms with Crippen molar-refractivity contribution < 1.29 is 9.59 Å². The monoisotopic (exact) mass is 369 g/mol. The zero-order valence-electron chi connectivity index (χ0n) is 16.7. The first-order valence-corrected chi connectivity index (χ1v) is 10.1. The Morgan fingerprint density at radius 2 is 1.93 bits per heavy atom. The number of carbonyl (C=O) groups is 2. The molecule has 1 amide bonds. The summed E-state index contributed by atoms with van der Waals surface area (Å²) in [7, 11) is 0. The molecule has 0 atom stereocenters. The van der Waals surface area contributed by atoms with Crippen LogP contribution in [0.4, 0.5) is 0 Å². The second-order valence-corrected chi connectivity index (χ2v) is 8.07. The zero-order chi connectivity index (χ0) is 19.4. The van der Waals surface area contributed by atoms with Crippen LogP contribution in [0.1, 0.15) is 62.9 Å². The minimum Gasteiger partial charge on any atom is -0.349 e. The second-order valence-electron chi connectivity index (χ2n) is 8.07. The third-order valence-corrected chi connectivity index (χ3v) is 5.82. The predicted molar refractivity (Wildman–Crippen MR) is 109 cm³/mol. The summed E-state index contributed by atoms with van der Waals surface area (Å²) in [5.74, 6) is -0.929. The number of hydrogen-bond acceptors (Lipinski definition) is 3. The Morgan fingerprint density at radius 3 is 2.59 bits per heavy atom. The molecule has 1 aromatic heterocycles. The topological polar surface area (TPSA) is 63.1 Å². The number of aromatic nitrogens is 1. The standard InChI is InChI=1S/C22H31N3O2/c1-4-9-22(10-12-23-13-11-22)15-24-21(27)20(26)18-14-25(16(2)3)19-8-6-5-7-17(18)19/h5-8,14,16,23H,4,9-13,15H2,1-3H3,(H,24,27). The number of para-hydroxylation sites is 1. The molecular formula is C22H31N3O2. The van der Waals surface area contributed by atoms with Gasteiger partial charge in [0.2, 0.25) is 0 Å². The molecule has 0 radical (unpaired) electrons. The lowest BCUT2D eigenvalue weighted by Crippen LogP contribution is -2.46. The average Bonchev–Trinajstić information content (AvgIpc) is 3.06. The first-order chi connectivity index (χ1) is 13.0. The van der Waals surface area contributed by atoms with E-state index in [1.165, 1.54) is 0 Å². The molecule has 0 saturated carbocycles. The lowest BCUT2D eigenvalue weighted by atomic mass is 9.75. The van der Waals surface area contributed by atoms with Crippen LogP contribution >= 0.6 is 0 Å². The highest BCUT2D eigenvalue weighted by molar-refractivity contribution is 6.45. The number of fused-ring (bicyclic) bond motifs is 1. The number of carbonyl (C=O) groups excluding carboxylic acids is 2. The summed E-state index contributed by atoms with van der Waals surface area (Å²) in [6.45, 7) is 8.86. The summed E-state index contributed by atoms with van der Waals surface area (Å²) >= 11 is 0. The molecule has 5 nitrogen and oxygen atoms in total. The third kappa shape index (κ3) is 4.08. The molecule has 1 saturated heterocycles. The molecule has 0 bridgehead atoms. The molecule has 0 aliphatic carbocycles. The smallest absolute Gasteiger partial charge is 0.292 e. The summed E-state index contributed by atoms with van der Waals surface area (Å²) in [4.78, 5) is 25.6. The molecule has 27 heavy (non-hydrogen) atoms. The highest BCUT2D eigenvalue weighted by Crippen LogP contribution is 2.33. The first-order valence-electron chi connectivity index (χ1n) is 10.1. The van der Waals surface area contributed by atoms with Crippen LogP contribution < -0.4 is 10.6 Å². The number of rotatable bonds is 7. The summed E-state index contributed by atoms with van der Waals surface area (Å²) in [6.07, 6.45) is 6.08. The molecule has 0 unspecified atom stereocenters. The van der Waals surface area contributed by atoms with E-state index in [9.17, 15) is 9.59 Å². The van der Waals surface area contributed by atoms with E-state index in [0.29, 0.717) is 12.1 Å². The molecule has 1 fully saturated rings. The van der Waals surface area contributed by atoms with Gasteiger partial charge in [0.05, 0.1) is 5.56 Å². The molecule has 1 aromatic carbocycles. The molecule has 0 spiro atoms. The number of piperidine rings is 1. The van der Waals surface area contributed by atoms with Crippen LogP contribution in [0.25, 0.3) is 10.9 Å². The van der Waals surface area contributed by atoms with Crippen LogP contribution in [0.2, 0.25) is 0 Å². The molecule has 3 rings (SSSR count). The van der Waals surface area contributed by atoms with Crippen molar-refractivity contribution in [1.82, 2.24) is 15.2 Å². The lowest BCUT2D eigenvalue weighted by Gasteiger charge is -2.37.